The van der Waals surface area contributed by atoms with Crippen LogP contribution in [0.5, 0.6) is 17.2 Å². The van der Waals surface area contributed by atoms with Crippen LogP contribution in [0.1, 0.15) is 120 Å². The molecule has 0 spiro atoms. The Morgan fingerprint density at radius 3 is 0.748 bits per heavy atom. The van der Waals surface area contributed by atoms with Gasteiger partial charge in [0.2, 0.25) is 0 Å². The molecule has 0 unspecified atom stereocenters. The van der Waals surface area contributed by atoms with Crippen molar-refractivity contribution in [3.63, 3.8) is 0 Å². The number of ether oxygens (including phenoxy) is 3. The quantitative estimate of drug-likeness (QED) is 0.0475. The first-order valence-electron chi connectivity index (χ1n) is 43.9. The Balaban J connectivity index is 0.000000196. The molecular formula is C120H112N4O3. The van der Waals surface area contributed by atoms with Gasteiger partial charge in [-0.3, -0.25) is 0 Å². The summed E-state index contributed by atoms with van der Waals surface area (Å²) < 4.78 is 16.4. The van der Waals surface area contributed by atoms with Crippen LogP contribution in [0.3, 0.4) is 0 Å². The van der Waals surface area contributed by atoms with Crippen LogP contribution in [0.2, 0.25) is 0 Å². The Bertz CT molecular complexity index is 6360. The van der Waals surface area contributed by atoms with Crippen molar-refractivity contribution < 1.29 is 14.2 Å². The number of anilines is 12. The fraction of sp³-hybridized carbons (Fsp3) is 0.133. The molecule has 16 aromatic carbocycles. The lowest BCUT2D eigenvalue weighted by Gasteiger charge is -2.28. The lowest BCUT2D eigenvalue weighted by Crippen LogP contribution is -2.12. The first kappa shape index (κ1) is 87.0. The topological polar surface area (TPSA) is 40.7 Å². The molecule has 0 amide bonds. The molecule has 0 aliphatic carbocycles. The van der Waals surface area contributed by atoms with Crippen molar-refractivity contribution in [2.45, 2.75) is 89.0 Å². The van der Waals surface area contributed by atoms with Gasteiger partial charge in [-0.2, -0.15) is 0 Å². The molecule has 7 heteroatoms. The standard InChI is InChI=1S/C60H56N2O2.C60H56N2O/c1-41-9-35-57(45(5)37-41)61(53-27-19-47(20-28-53)15-17-49-13-11-43(3)59(39-49)63-7)55-31-23-51(24-32-55)52-25-33-56(34-26-52)62(58-36-10-42(2)38-46(58)6)54-29-21-48(22-30-54)16-18-50-14-12-44(4)60(40-50)64-8;1-7-46-24-40-59(45(5)42-46)61(54-29-18-49(19-30-54)16-17-50-22-37-58(63-6)38-23-50)56-33-25-52(26-34-56)53-27-35-57(36-28-53)62(60-39-11-44(4)41-51(60)8-2)55-31-20-48(21-32-55)15-14-47-12-9-43(3)10-13-47/h9-40H,1-8H3;9-42H,7-8H2,1-6H3/b17-15+,18-16+;15-14+,17-16+. The zero-order valence-electron chi connectivity index (χ0n) is 75.5. The number of methoxy groups -OCH3 is 3. The van der Waals surface area contributed by atoms with Crippen molar-refractivity contribution in [2.75, 3.05) is 40.9 Å². The molecule has 0 saturated carbocycles. The van der Waals surface area contributed by atoms with Crippen LogP contribution in [0, 0.1) is 62.3 Å². The normalized spacial score (nSPS) is 11.3. The summed E-state index contributed by atoms with van der Waals surface area (Å²) in [5.74, 6) is 2.65. The summed E-state index contributed by atoms with van der Waals surface area (Å²) in [4.78, 5) is 9.46. The SMILES string of the molecule is CCc1ccc(N(c2ccc(/C=C/c3ccc(OC)cc3)cc2)c2ccc(-c3ccc(N(c4ccc(/C=C/c5ccc(C)cc5)cc4)c4ccc(C)cc4CC)cc3)cc2)c(C)c1.COc1cc(/C=C/c2ccc(N(c3ccc(-c4ccc(N(c5ccc(/C=C/c6ccc(C)c(OC)c6)cc5)c5ccc(C)cc5C)cc4)cc3)c3ccc(C)cc3C)cc2)ccc1C. The molecule has 16 rings (SSSR count). The summed E-state index contributed by atoms with van der Waals surface area (Å²) >= 11 is 0. The predicted octanol–water partition coefficient (Wildman–Crippen LogP) is 33.2. The molecule has 0 radical (unpaired) electrons. The fourth-order valence-electron chi connectivity index (χ4n) is 16.4. The maximum Gasteiger partial charge on any atom is 0.122 e. The molecule has 0 atom stereocenters. The summed E-state index contributed by atoms with van der Waals surface area (Å²) in [6.45, 7) is 23.7. The van der Waals surface area contributed by atoms with E-state index >= 15 is 0 Å². The molecule has 7 nitrogen and oxygen atoms in total. The molecule has 0 aliphatic heterocycles. The molecule has 0 fully saturated rings. The first-order valence-corrected chi connectivity index (χ1v) is 43.9. The zero-order chi connectivity index (χ0) is 88.5. The van der Waals surface area contributed by atoms with Crippen molar-refractivity contribution in [3.8, 4) is 39.5 Å². The van der Waals surface area contributed by atoms with Gasteiger partial charge in [-0.25, -0.2) is 0 Å². The Morgan fingerprint density at radius 2 is 0.457 bits per heavy atom. The Hall–Kier alpha value is -14.9. The number of hydrogen-bond donors (Lipinski definition) is 0. The van der Waals surface area contributed by atoms with E-state index in [9.17, 15) is 0 Å². The maximum atomic E-state index is 5.54. The highest BCUT2D eigenvalue weighted by molar-refractivity contribution is 5.88. The fourth-order valence-corrected chi connectivity index (χ4v) is 16.4. The third kappa shape index (κ3) is 21.3. The number of hydrogen-bond acceptors (Lipinski definition) is 7. The summed E-state index contributed by atoms with van der Waals surface area (Å²) in [5.41, 5.74) is 40.9. The monoisotopic (exact) mass is 1660 g/mol. The molecule has 16 aromatic rings. The van der Waals surface area contributed by atoms with Gasteiger partial charge < -0.3 is 33.8 Å². The summed E-state index contributed by atoms with van der Waals surface area (Å²) in [6, 6.07) is 127. The minimum atomic E-state index is 0.858. The van der Waals surface area contributed by atoms with Crippen LogP contribution < -0.4 is 33.8 Å². The van der Waals surface area contributed by atoms with Gasteiger partial charge in [0.05, 0.1) is 21.3 Å². The minimum Gasteiger partial charge on any atom is -0.497 e. The van der Waals surface area contributed by atoms with Crippen molar-refractivity contribution in [3.05, 3.63) is 458 Å². The highest BCUT2D eigenvalue weighted by Crippen LogP contribution is 2.45. The van der Waals surface area contributed by atoms with Gasteiger partial charge in [0, 0.05) is 68.2 Å². The molecule has 127 heavy (non-hydrogen) atoms. The van der Waals surface area contributed by atoms with Crippen LogP contribution in [-0.4, -0.2) is 21.3 Å². The van der Waals surface area contributed by atoms with E-state index in [0.29, 0.717) is 0 Å². The van der Waals surface area contributed by atoms with Crippen LogP contribution in [-0.2, 0) is 12.8 Å². The van der Waals surface area contributed by atoms with Crippen molar-refractivity contribution >= 4 is 117 Å². The van der Waals surface area contributed by atoms with Gasteiger partial charge in [0.15, 0.2) is 0 Å². The number of nitrogens with zero attached hydrogens (tertiary/aromatic N) is 4. The molecule has 0 heterocycles. The van der Waals surface area contributed by atoms with Crippen LogP contribution >= 0.6 is 0 Å². The van der Waals surface area contributed by atoms with Gasteiger partial charge in [-0.05, 0) is 326 Å². The number of rotatable bonds is 27. The molecule has 0 saturated heterocycles. The van der Waals surface area contributed by atoms with Crippen LogP contribution in [0.25, 0.3) is 70.9 Å². The second-order valence-electron chi connectivity index (χ2n) is 32.9. The van der Waals surface area contributed by atoms with E-state index in [1.165, 1.54) is 83.7 Å². The van der Waals surface area contributed by atoms with E-state index in [1.807, 2.05) is 12.1 Å². The van der Waals surface area contributed by atoms with Crippen molar-refractivity contribution in [2.24, 2.45) is 0 Å². The summed E-state index contributed by atoms with van der Waals surface area (Å²) in [6.07, 6.45) is 19.2. The smallest absolute Gasteiger partial charge is 0.122 e. The van der Waals surface area contributed by atoms with Gasteiger partial charge >= 0.3 is 0 Å². The molecule has 0 aliphatic rings. The average molecular weight is 1660 g/mol. The van der Waals surface area contributed by atoms with E-state index < -0.39 is 0 Å². The largest absolute Gasteiger partial charge is 0.497 e. The molecule has 0 bridgehead atoms. The van der Waals surface area contributed by atoms with Crippen LogP contribution in [0.15, 0.2) is 352 Å². The highest BCUT2D eigenvalue weighted by atomic mass is 16.5. The van der Waals surface area contributed by atoms with E-state index in [1.54, 1.807) is 21.3 Å². The third-order valence-corrected chi connectivity index (χ3v) is 23.7. The Labute approximate surface area is 753 Å². The van der Waals surface area contributed by atoms with Crippen molar-refractivity contribution in [1.82, 2.24) is 0 Å². The lowest BCUT2D eigenvalue weighted by molar-refractivity contribution is 0.411. The Morgan fingerprint density at radius 1 is 0.205 bits per heavy atom. The molecule has 0 aromatic heterocycles. The second-order valence-corrected chi connectivity index (χ2v) is 32.9. The molecule has 0 N–H and O–H groups in total. The van der Waals surface area contributed by atoms with E-state index in [0.717, 1.165) is 143 Å². The predicted molar refractivity (Wildman–Crippen MR) is 545 cm³/mol. The van der Waals surface area contributed by atoms with Gasteiger partial charge in [-0.15, -0.1) is 0 Å². The van der Waals surface area contributed by atoms with Crippen LogP contribution in [0.4, 0.5) is 68.2 Å². The van der Waals surface area contributed by atoms with Gasteiger partial charge in [0.1, 0.15) is 17.2 Å². The average Bonchev–Trinajstić information content (AvgIpc) is 0.688. The number of aryl methyl sites for hydroxylation is 11. The first-order chi connectivity index (χ1) is 61.8. The maximum absolute atomic E-state index is 5.54. The minimum absolute atomic E-state index is 0.858. The van der Waals surface area contributed by atoms with E-state index in [2.05, 4.69) is 484 Å². The summed E-state index contributed by atoms with van der Waals surface area (Å²) in [7, 11) is 5.13. The lowest BCUT2D eigenvalue weighted by atomic mass is 10.0. The molecule has 630 valence electrons. The molecular weight excluding hydrogens is 1550 g/mol. The van der Waals surface area contributed by atoms with Gasteiger partial charge in [0.25, 0.3) is 0 Å². The second kappa shape index (κ2) is 40.6. The number of benzene rings is 16. The summed E-state index contributed by atoms with van der Waals surface area (Å²) in [5, 5.41) is 0. The third-order valence-electron chi connectivity index (χ3n) is 23.7. The van der Waals surface area contributed by atoms with Crippen molar-refractivity contribution in [1.29, 1.82) is 0 Å². The Kier molecular flexibility index (Phi) is 27.8. The zero-order valence-corrected chi connectivity index (χ0v) is 75.5. The highest BCUT2D eigenvalue weighted by Gasteiger charge is 2.22. The van der Waals surface area contributed by atoms with Gasteiger partial charge in [-0.1, -0.05) is 291 Å². The van der Waals surface area contributed by atoms with E-state index in [-0.39, 0.29) is 0 Å². The van der Waals surface area contributed by atoms with E-state index in [4.69, 9.17) is 14.2 Å².